The van der Waals surface area contributed by atoms with E-state index in [4.69, 9.17) is 0 Å². The quantitative estimate of drug-likeness (QED) is 0.784. The van der Waals surface area contributed by atoms with Gasteiger partial charge in [0.1, 0.15) is 0 Å². The van der Waals surface area contributed by atoms with Crippen LogP contribution in [0.15, 0.2) is 18.3 Å². The molecule has 0 bridgehead atoms. The fourth-order valence-corrected chi connectivity index (χ4v) is 1.37. The Morgan fingerprint density at radius 1 is 1.56 bits per heavy atom. The molecule has 1 heterocycles. The van der Waals surface area contributed by atoms with Crippen LogP contribution in [-0.2, 0) is 0 Å². The van der Waals surface area contributed by atoms with Crippen molar-refractivity contribution in [2.24, 2.45) is 0 Å². The Morgan fingerprint density at radius 2 is 2.19 bits per heavy atom. The first-order valence-corrected chi connectivity index (χ1v) is 4.89. The second-order valence-corrected chi connectivity index (χ2v) is 4.34. The number of halogens is 1. The Kier molecular flexibility index (Phi) is 3.59. The highest BCUT2D eigenvalue weighted by atomic mass is 19.1. The summed E-state index contributed by atoms with van der Waals surface area (Å²) in [7, 11) is 1.57. The van der Waals surface area contributed by atoms with Gasteiger partial charge in [0.2, 0.25) is 5.95 Å². The van der Waals surface area contributed by atoms with Crippen molar-refractivity contribution in [2.75, 3.05) is 13.6 Å². The molecule has 0 aliphatic heterocycles. The van der Waals surface area contributed by atoms with Crippen molar-refractivity contribution in [3.05, 3.63) is 29.8 Å². The molecule has 1 aromatic rings. The zero-order valence-electron chi connectivity index (χ0n) is 9.57. The number of hydrogen-bond donors (Lipinski definition) is 1. The van der Waals surface area contributed by atoms with E-state index in [-0.39, 0.29) is 12.5 Å². The topological polar surface area (TPSA) is 53.4 Å². The first-order valence-electron chi connectivity index (χ1n) is 4.89. The van der Waals surface area contributed by atoms with Gasteiger partial charge in [-0.3, -0.25) is 4.79 Å². The number of likely N-dealkylation sites (N-methyl/N-ethyl adjacent to an activating group) is 1. The molecule has 0 aliphatic rings. The molecule has 0 radical (unpaired) electrons. The summed E-state index contributed by atoms with van der Waals surface area (Å²) in [4.78, 5) is 16.6. The highest BCUT2D eigenvalue weighted by molar-refractivity contribution is 5.93. The summed E-state index contributed by atoms with van der Waals surface area (Å²) in [6, 6.07) is 2.50. The third kappa shape index (κ3) is 3.58. The third-order valence-electron chi connectivity index (χ3n) is 1.95. The Hall–Kier alpha value is -1.49. The number of aliphatic hydroxyl groups is 1. The summed E-state index contributed by atoms with van der Waals surface area (Å²) in [5.41, 5.74) is -0.661. The number of amides is 1. The average Bonchev–Trinajstić information content (AvgIpc) is 2.15. The smallest absolute Gasteiger partial charge is 0.255 e. The van der Waals surface area contributed by atoms with E-state index in [0.29, 0.717) is 5.56 Å². The maximum absolute atomic E-state index is 12.5. The molecule has 0 aromatic carbocycles. The summed E-state index contributed by atoms with van der Waals surface area (Å²) >= 11 is 0. The molecule has 0 saturated carbocycles. The highest BCUT2D eigenvalue weighted by Crippen LogP contribution is 2.08. The first-order chi connectivity index (χ1) is 7.29. The molecule has 16 heavy (non-hydrogen) atoms. The van der Waals surface area contributed by atoms with Gasteiger partial charge < -0.3 is 10.0 Å². The van der Waals surface area contributed by atoms with E-state index in [2.05, 4.69) is 4.98 Å². The number of rotatable bonds is 3. The van der Waals surface area contributed by atoms with E-state index in [1.165, 1.54) is 17.2 Å². The molecule has 88 valence electrons. The predicted molar refractivity (Wildman–Crippen MR) is 57.5 cm³/mol. The number of nitrogens with zero attached hydrogens (tertiary/aromatic N) is 2. The molecule has 1 aromatic heterocycles. The molecule has 0 aliphatic carbocycles. The molecule has 0 fully saturated rings. The maximum Gasteiger partial charge on any atom is 0.255 e. The molecule has 0 spiro atoms. The highest BCUT2D eigenvalue weighted by Gasteiger charge is 2.20. The van der Waals surface area contributed by atoms with Crippen LogP contribution in [0.3, 0.4) is 0 Å². The summed E-state index contributed by atoms with van der Waals surface area (Å²) in [6.07, 6.45) is 1.18. The van der Waals surface area contributed by atoms with Crippen LogP contribution >= 0.6 is 0 Å². The summed E-state index contributed by atoms with van der Waals surface area (Å²) in [6.45, 7) is 3.42. The standard InChI is InChI=1S/C11H15FN2O2/c1-11(2,16)7-14(3)10(15)8-4-5-9(12)13-6-8/h4-6,16H,7H2,1-3H3. The number of aromatic nitrogens is 1. The normalized spacial score (nSPS) is 11.3. The monoisotopic (exact) mass is 226 g/mol. The predicted octanol–water partition coefficient (Wildman–Crippen LogP) is 1.06. The van der Waals surface area contributed by atoms with E-state index in [9.17, 15) is 14.3 Å². The van der Waals surface area contributed by atoms with E-state index in [1.807, 2.05) is 0 Å². The zero-order valence-corrected chi connectivity index (χ0v) is 9.57. The summed E-state index contributed by atoms with van der Waals surface area (Å²) in [5.74, 6) is -0.920. The molecule has 1 amide bonds. The van der Waals surface area contributed by atoms with Crippen LogP contribution in [0.25, 0.3) is 0 Å². The molecule has 1 rings (SSSR count). The fourth-order valence-electron chi connectivity index (χ4n) is 1.37. The molecule has 0 saturated heterocycles. The van der Waals surface area contributed by atoms with Gasteiger partial charge in [-0.15, -0.1) is 0 Å². The first kappa shape index (κ1) is 12.6. The van der Waals surface area contributed by atoms with Gasteiger partial charge >= 0.3 is 0 Å². The molecular weight excluding hydrogens is 211 g/mol. The minimum atomic E-state index is -0.960. The Bertz CT molecular complexity index is 371. The maximum atomic E-state index is 12.5. The minimum absolute atomic E-state index is 0.198. The Balaban J connectivity index is 2.74. The van der Waals surface area contributed by atoms with Crippen LogP contribution in [0.1, 0.15) is 24.2 Å². The van der Waals surface area contributed by atoms with Crippen molar-refractivity contribution in [2.45, 2.75) is 19.4 Å². The van der Waals surface area contributed by atoms with Crippen LogP contribution in [0.5, 0.6) is 0 Å². The third-order valence-corrected chi connectivity index (χ3v) is 1.95. The molecular formula is C11H15FN2O2. The van der Waals surface area contributed by atoms with Crippen molar-refractivity contribution < 1.29 is 14.3 Å². The lowest BCUT2D eigenvalue weighted by Gasteiger charge is -2.25. The number of carbonyl (C=O) groups is 1. The van der Waals surface area contributed by atoms with Crippen molar-refractivity contribution in [3.8, 4) is 0 Å². The van der Waals surface area contributed by atoms with E-state index in [1.54, 1.807) is 20.9 Å². The van der Waals surface area contributed by atoms with Crippen LogP contribution in [0.2, 0.25) is 0 Å². The number of pyridine rings is 1. The second-order valence-electron chi connectivity index (χ2n) is 4.34. The average molecular weight is 226 g/mol. The Morgan fingerprint density at radius 3 is 2.62 bits per heavy atom. The van der Waals surface area contributed by atoms with Crippen LogP contribution < -0.4 is 0 Å². The lowest BCUT2D eigenvalue weighted by Crippen LogP contribution is -2.39. The minimum Gasteiger partial charge on any atom is -0.389 e. The van der Waals surface area contributed by atoms with Gasteiger partial charge in [-0.2, -0.15) is 4.39 Å². The zero-order chi connectivity index (χ0) is 12.3. The van der Waals surface area contributed by atoms with Crippen molar-refractivity contribution in [1.82, 2.24) is 9.88 Å². The molecule has 1 N–H and O–H groups in total. The molecule has 0 unspecified atom stereocenters. The van der Waals surface area contributed by atoms with Gasteiger partial charge in [-0.25, -0.2) is 4.98 Å². The lowest BCUT2D eigenvalue weighted by atomic mass is 10.1. The van der Waals surface area contributed by atoms with E-state index in [0.717, 1.165) is 6.07 Å². The number of carbonyl (C=O) groups excluding carboxylic acids is 1. The molecule has 4 nitrogen and oxygen atoms in total. The fraction of sp³-hybridized carbons (Fsp3) is 0.455. The molecule has 0 atom stereocenters. The number of hydrogen-bond acceptors (Lipinski definition) is 3. The summed E-state index contributed by atoms with van der Waals surface area (Å²) in [5, 5.41) is 9.56. The molecule has 5 heteroatoms. The van der Waals surface area contributed by atoms with Gasteiger partial charge in [-0.05, 0) is 26.0 Å². The van der Waals surface area contributed by atoms with Gasteiger partial charge in [0.05, 0.1) is 11.2 Å². The van der Waals surface area contributed by atoms with Crippen molar-refractivity contribution in [1.29, 1.82) is 0 Å². The lowest BCUT2D eigenvalue weighted by molar-refractivity contribution is 0.0367. The van der Waals surface area contributed by atoms with Crippen LogP contribution in [0.4, 0.5) is 4.39 Å². The van der Waals surface area contributed by atoms with E-state index >= 15 is 0 Å². The second kappa shape index (κ2) is 4.57. The van der Waals surface area contributed by atoms with Crippen LogP contribution in [0, 0.1) is 5.95 Å². The summed E-state index contributed by atoms with van der Waals surface area (Å²) < 4.78 is 12.5. The largest absolute Gasteiger partial charge is 0.389 e. The van der Waals surface area contributed by atoms with Crippen LogP contribution in [-0.4, -0.2) is 40.1 Å². The van der Waals surface area contributed by atoms with Crippen molar-refractivity contribution >= 4 is 5.91 Å². The van der Waals surface area contributed by atoms with Crippen molar-refractivity contribution in [3.63, 3.8) is 0 Å². The Labute approximate surface area is 93.7 Å². The van der Waals surface area contributed by atoms with E-state index < -0.39 is 11.5 Å². The van der Waals surface area contributed by atoms with Gasteiger partial charge in [0.15, 0.2) is 0 Å². The SMILES string of the molecule is CN(CC(C)(C)O)C(=O)c1ccc(F)nc1. The van der Waals surface area contributed by atoms with Gasteiger partial charge in [-0.1, -0.05) is 0 Å². The van der Waals surface area contributed by atoms with Gasteiger partial charge in [0, 0.05) is 19.8 Å². The van der Waals surface area contributed by atoms with Gasteiger partial charge in [0.25, 0.3) is 5.91 Å².